The van der Waals surface area contributed by atoms with Crippen LogP contribution in [-0.2, 0) is 6.54 Å². The van der Waals surface area contributed by atoms with Gasteiger partial charge in [-0.3, -0.25) is 9.69 Å². The van der Waals surface area contributed by atoms with Gasteiger partial charge in [0.2, 0.25) is 0 Å². The molecule has 202 valence electrons. The maximum atomic E-state index is 13.7. The van der Waals surface area contributed by atoms with Crippen molar-refractivity contribution < 1.29 is 4.42 Å². The van der Waals surface area contributed by atoms with Crippen LogP contribution in [0.5, 0.6) is 0 Å². The van der Waals surface area contributed by atoms with Crippen molar-refractivity contribution in [3.63, 3.8) is 0 Å². The minimum Gasteiger partial charge on any atom is -0.467 e. The van der Waals surface area contributed by atoms with Crippen molar-refractivity contribution in [1.82, 2.24) is 35.1 Å². The number of para-hydroxylation sites is 1. The standard InChI is InChI=1S/C29H28N8O2S/c1-18-9-10-19(2)25-21(18)16-22(28(38)31-25)26(27-32-33-34-37(27)17-20-6-5-15-39-20)35-11-13-36(14-12-35)29-30-23-7-3-4-8-24(23)40-29/h3-10,15-16,26H,11-14,17H2,1-2H3,(H,31,38)/t26-/m1/s1. The first-order chi connectivity index (χ1) is 19.5. The van der Waals surface area contributed by atoms with E-state index in [9.17, 15) is 4.79 Å². The highest BCUT2D eigenvalue weighted by molar-refractivity contribution is 7.22. The molecule has 10 nitrogen and oxygen atoms in total. The molecule has 0 spiro atoms. The monoisotopic (exact) mass is 552 g/mol. The second-order valence-corrected chi connectivity index (χ2v) is 11.2. The molecule has 11 heteroatoms. The van der Waals surface area contributed by atoms with Crippen molar-refractivity contribution in [2.45, 2.75) is 26.4 Å². The highest BCUT2D eigenvalue weighted by Gasteiger charge is 2.33. The number of nitrogens with one attached hydrogen (secondary N) is 1. The van der Waals surface area contributed by atoms with Crippen LogP contribution in [0, 0.1) is 13.8 Å². The lowest BCUT2D eigenvalue weighted by molar-refractivity contribution is 0.200. The number of fused-ring (bicyclic) bond motifs is 2. The van der Waals surface area contributed by atoms with Crippen molar-refractivity contribution in [2.75, 3.05) is 31.1 Å². The molecule has 1 fully saturated rings. The first-order valence-corrected chi connectivity index (χ1v) is 14.1. The summed E-state index contributed by atoms with van der Waals surface area (Å²) in [6.45, 7) is 7.45. The quantitative estimate of drug-likeness (QED) is 0.326. The Hall–Kier alpha value is -4.35. The Morgan fingerprint density at radius 2 is 1.85 bits per heavy atom. The molecule has 1 N–H and O–H groups in total. The van der Waals surface area contributed by atoms with Crippen LogP contribution in [0.1, 0.15) is 34.3 Å². The fourth-order valence-corrected chi connectivity index (χ4v) is 6.55. The maximum absolute atomic E-state index is 13.7. The predicted molar refractivity (Wildman–Crippen MR) is 155 cm³/mol. The first kappa shape index (κ1) is 24.7. The van der Waals surface area contributed by atoms with Crippen molar-refractivity contribution in [3.8, 4) is 0 Å². The third-order valence-corrected chi connectivity index (χ3v) is 8.79. The summed E-state index contributed by atoms with van der Waals surface area (Å²) in [4.78, 5) is 26.3. The molecule has 0 aliphatic carbocycles. The predicted octanol–water partition coefficient (Wildman–Crippen LogP) is 4.29. The van der Waals surface area contributed by atoms with Crippen LogP contribution < -0.4 is 10.5 Å². The van der Waals surface area contributed by atoms with Gasteiger partial charge in [-0.15, -0.1) is 5.10 Å². The van der Waals surface area contributed by atoms with E-state index in [0.29, 0.717) is 17.9 Å². The zero-order chi connectivity index (χ0) is 27.2. The SMILES string of the molecule is Cc1ccc(C)c2[nH]c(=O)c([C@H](c3nnnn3Cc3ccco3)N3CCN(c4nc5ccccc5s4)CC3)cc12. The van der Waals surface area contributed by atoms with Crippen molar-refractivity contribution >= 4 is 37.6 Å². The minimum atomic E-state index is -0.435. The number of anilines is 1. The molecule has 4 aromatic heterocycles. The highest BCUT2D eigenvalue weighted by Crippen LogP contribution is 2.33. The van der Waals surface area contributed by atoms with Gasteiger partial charge >= 0.3 is 0 Å². The lowest BCUT2D eigenvalue weighted by atomic mass is 9.99. The number of hydrogen-bond acceptors (Lipinski definition) is 9. The van der Waals surface area contributed by atoms with Gasteiger partial charge in [0.05, 0.1) is 22.0 Å². The number of nitrogens with zero attached hydrogens (tertiary/aromatic N) is 7. The van der Waals surface area contributed by atoms with E-state index in [-0.39, 0.29) is 5.56 Å². The van der Waals surface area contributed by atoms with E-state index in [1.165, 1.54) is 4.70 Å². The number of aromatic nitrogens is 6. The second-order valence-electron chi connectivity index (χ2n) is 10.2. The number of tetrazole rings is 1. The molecular weight excluding hydrogens is 524 g/mol. The number of aryl methyl sites for hydroxylation is 2. The van der Waals surface area contributed by atoms with Crippen LogP contribution in [0.15, 0.2) is 70.1 Å². The van der Waals surface area contributed by atoms with Crippen molar-refractivity contribution in [1.29, 1.82) is 0 Å². The van der Waals surface area contributed by atoms with Crippen LogP contribution in [0.4, 0.5) is 5.13 Å². The molecule has 6 aromatic rings. The minimum absolute atomic E-state index is 0.132. The number of rotatable bonds is 6. The number of pyridine rings is 1. The molecule has 1 aliphatic rings. The molecule has 0 amide bonds. The summed E-state index contributed by atoms with van der Waals surface area (Å²) in [5.74, 6) is 1.35. The van der Waals surface area contributed by atoms with E-state index < -0.39 is 6.04 Å². The van der Waals surface area contributed by atoms with Gasteiger partial charge in [0, 0.05) is 37.1 Å². The van der Waals surface area contributed by atoms with Gasteiger partial charge in [0.25, 0.3) is 5.56 Å². The molecule has 0 bridgehead atoms. The van der Waals surface area contributed by atoms with Gasteiger partial charge < -0.3 is 14.3 Å². The summed E-state index contributed by atoms with van der Waals surface area (Å²) in [5, 5.41) is 14.8. The number of aromatic amines is 1. The van der Waals surface area contributed by atoms with Crippen LogP contribution in [0.3, 0.4) is 0 Å². The average molecular weight is 553 g/mol. The summed E-state index contributed by atoms with van der Waals surface area (Å²) in [6.07, 6.45) is 1.64. The summed E-state index contributed by atoms with van der Waals surface area (Å²) in [6, 6.07) is 17.7. The summed E-state index contributed by atoms with van der Waals surface area (Å²) < 4.78 is 8.50. The van der Waals surface area contributed by atoms with Gasteiger partial charge in [0.1, 0.15) is 18.3 Å². The molecule has 5 heterocycles. The average Bonchev–Trinajstić information content (AvgIpc) is 3.74. The Kier molecular flexibility index (Phi) is 6.17. The van der Waals surface area contributed by atoms with Gasteiger partial charge in [-0.1, -0.05) is 35.6 Å². The van der Waals surface area contributed by atoms with Crippen LogP contribution >= 0.6 is 11.3 Å². The normalized spacial score (nSPS) is 15.3. The molecule has 7 rings (SSSR count). The maximum Gasteiger partial charge on any atom is 0.253 e. The molecule has 0 radical (unpaired) electrons. The molecule has 0 unspecified atom stereocenters. The van der Waals surface area contributed by atoms with Crippen molar-refractivity contribution in [3.05, 3.63) is 99.5 Å². The van der Waals surface area contributed by atoms with E-state index in [1.807, 2.05) is 43.3 Å². The zero-order valence-corrected chi connectivity index (χ0v) is 23.1. The zero-order valence-electron chi connectivity index (χ0n) is 22.2. The molecule has 0 saturated carbocycles. The first-order valence-electron chi connectivity index (χ1n) is 13.3. The summed E-state index contributed by atoms with van der Waals surface area (Å²) in [7, 11) is 0. The number of hydrogen-bond donors (Lipinski definition) is 1. The van der Waals surface area contributed by atoms with Crippen LogP contribution in [-0.4, -0.2) is 61.3 Å². The molecule has 2 aromatic carbocycles. The second kappa shape index (κ2) is 10.00. The van der Waals surface area contributed by atoms with Gasteiger partial charge in [0.15, 0.2) is 11.0 Å². The number of benzene rings is 2. The fourth-order valence-electron chi connectivity index (χ4n) is 5.53. The summed E-state index contributed by atoms with van der Waals surface area (Å²) >= 11 is 1.71. The Morgan fingerprint density at radius 1 is 1.02 bits per heavy atom. The lowest BCUT2D eigenvalue weighted by Gasteiger charge is -2.38. The fraction of sp³-hybridized carbons (Fsp3) is 0.276. The topological polar surface area (TPSA) is 109 Å². The van der Waals surface area contributed by atoms with Gasteiger partial charge in [-0.05, 0) is 65.7 Å². The molecule has 40 heavy (non-hydrogen) atoms. The third-order valence-electron chi connectivity index (χ3n) is 7.69. The van der Waals surface area contributed by atoms with Gasteiger partial charge in [-0.2, -0.15) is 0 Å². The molecule has 1 atom stereocenters. The number of thiazole rings is 1. The Labute approximate surface area is 233 Å². The van der Waals surface area contributed by atoms with E-state index >= 15 is 0 Å². The summed E-state index contributed by atoms with van der Waals surface area (Å²) in [5.41, 5.74) is 4.52. The van der Waals surface area contributed by atoms with Gasteiger partial charge in [-0.25, -0.2) is 9.67 Å². The lowest BCUT2D eigenvalue weighted by Crippen LogP contribution is -2.49. The third kappa shape index (κ3) is 4.37. The Balaban J connectivity index is 1.27. The van der Waals surface area contributed by atoms with Crippen LogP contribution in [0.2, 0.25) is 0 Å². The largest absolute Gasteiger partial charge is 0.467 e. The van der Waals surface area contributed by atoms with E-state index in [2.05, 4.69) is 55.4 Å². The number of H-pyrrole nitrogens is 1. The van der Waals surface area contributed by atoms with E-state index in [4.69, 9.17) is 9.40 Å². The Morgan fingerprint density at radius 3 is 2.65 bits per heavy atom. The van der Waals surface area contributed by atoms with Crippen molar-refractivity contribution in [2.24, 2.45) is 0 Å². The molecule has 1 saturated heterocycles. The van der Waals surface area contributed by atoms with E-state index in [0.717, 1.165) is 64.6 Å². The molecule has 1 aliphatic heterocycles. The Bertz CT molecular complexity index is 1830. The highest BCUT2D eigenvalue weighted by atomic mass is 32.1. The molecular formula is C29H28N8O2S. The number of piperazine rings is 1. The van der Waals surface area contributed by atoms with Crippen LogP contribution in [0.25, 0.3) is 21.1 Å². The van der Waals surface area contributed by atoms with E-state index in [1.54, 1.807) is 22.3 Å². The smallest absolute Gasteiger partial charge is 0.253 e. The number of furan rings is 1.